The van der Waals surface area contributed by atoms with Gasteiger partial charge in [0, 0.05) is 16.5 Å². The van der Waals surface area contributed by atoms with Gasteiger partial charge < -0.3 is 4.98 Å². The maximum atomic E-state index is 13.2. The Hall–Kier alpha value is -2.56. The average Bonchev–Trinajstić information content (AvgIpc) is 2.87. The summed E-state index contributed by atoms with van der Waals surface area (Å²) in [6.07, 6.45) is -4.62. The molecule has 0 spiro atoms. The Kier molecular flexibility index (Phi) is 3.28. The van der Waals surface area contributed by atoms with Crippen LogP contribution in [0, 0.1) is 6.92 Å². The minimum atomic E-state index is -4.62. The van der Waals surface area contributed by atoms with Crippen LogP contribution < -0.4 is 0 Å². The number of ketones is 1. The van der Waals surface area contributed by atoms with Crippen LogP contribution in [0.2, 0.25) is 0 Å². The maximum absolute atomic E-state index is 13.2. The molecule has 0 aliphatic rings. The predicted molar refractivity (Wildman–Crippen MR) is 77.9 cm³/mol. The summed E-state index contributed by atoms with van der Waals surface area (Å²) in [6, 6.07) is 12.8. The Morgan fingerprint density at radius 3 is 2.27 bits per heavy atom. The van der Waals surface area contributed by atoms with Crippen molar-refractivity contribution < 1.29 is 18.0 Å². The number of carbonyl (C=O) groups excluding carboxylic acids is 1. The standard InChI is InChI=1S/C17H12F3NO/c1-10-6-8-11(9-7-10)15(22)14-12-4-2-3-5-13(12)21-16(14)17(18,19)20/h2-9,21H,1H3. The molecule has 5 heteroatoms. The highest BCUT2D eigenvalue weighted by atomic mass is 19.4. The third-order valence-electron chi connectivity index (χ3n) is 3.53. The summed E-state index contributed by atoms with van der Waals surface area (Å²) in [7, 11) is 0. The fourth-order valence-electron chi connectivity index (χ4n) is 2.44. The van der Waals surface area contributed by atoms with Crippen molar-refractivity contribution in [2.45, 2.75) is 13.1 Å². The second kappa shape index (κ2) is 5.02. The van der Waals surface area contributed by atoms with Gasteiger partial charge in [0.05, 0.1) is 5.56 Å². The maximum Gasteiger partial charge on any atom is 0.432 e. The highest BCUT2D eigenvalue weighted by Crippen LogP contribution is 2.36. The van der Waals surface area contributed by atoms with Gasteiger partial charge in [0.2, 0.25) is 0 Å². The molecule has 0 fully saturated rings. The number of fused-ring (bicyclic) bond motifs is 1. The molecule has 3 aromatic rings. The zero-order chi connectivity index (χ0) is 15.9. The van der Waals surface area contributed by atoms with Gasteiger partial charge >= 0.3 is 6.18 Å². The zero-order valence-electron chi connectivity index (χ0n) is 11.7. The molecule has 0 saturated heterocycles. The van der Waals surface area contributed by atoms with Gasteiger partial charge in [-0.05, 0) is 13.0 Å². The lowest BCUT2D eigenvalue weighted by Crippen LogP contribution is -2.13. The van der Waals surface area contributed by atoms with Crippen molar-refractivity contribution in [1.82, 2.24) is 4.98 Å². The van der Waals surface area contributed by atoms with E-state index in [1.807, 2.05) is 6.92 Å². The topological polar surface area (TPSA) is 32.9 Å². The summed E-state index contributed by atoms with van der Waals surface area (Å²) in [5.41, 5.74) is 0.142. The van der Waals surface area contributed by atoms with Crippen LogP contribution in [-0.2, 0) is 6.18 Å². The Morgan fingerprint density at radius 1 is 1.00 bits per heavy atom. The van der Waals surface area contributed by atoms with Crippen LogP contribution in [0.25, 0.3) is 10.9 Å². The first-order valence-corrected chi connectivity index (χ1v) is 6.67. The van der Waals surface area contributed by atoms with E-state index in [-0.39, 0.29) is 16.5 Å². The molecule has 0 atom stereocenters. The molecular formula is C17H12F3NO. The van der Waals surface area contributed by atoms with Crippen molar-refractivity contribution in [2.24, 2.45) is 0 Å². The van der Waals surface area contributed by atoms with Crippen LogP contribution in [0.15, 0.2) is 48.5 Å². The molecule has 0 bridgehead atoms. The second-order valence-corrected chi connectivity index (χ2v) is 5.11. The van der Waals surface area contributed by atoms with Gasteiger partial charge in [-0.1, -0.05) is 48.0 Å². The van der Waals surface area contributed by atoms with Crippen LogP contribution in [0.4, 0.5) is 13.2 Å². The Morgan fingerprint density at radius 2 is 1.64 bits per heavy atom. The summed E-state index contributed by atoms with van der Waals surface area (Å²) >= 11 is 0. The zero-order valence-corrected chi connectivity index (χ0v) is 11.7. The second-order valence-electron chi connectivity index (χ2n) is 5.11. The van der Waals surface area contributed by atoms with Gasteiger partial charge in [-0.2, -0.15) is 13.2 Å². The largest absolute Gasteiger partial charge is 0.432 e. The number of aryl methyl sites for hydroxylation is 1. The van der Waals surface area contributed by atoms with Crippen LogP contribution in [-0.4, -0.2) is 10.8 Å². The molecule has 2 aromatic carbocycles. The molecule has 22 heavy (non-hydrogen) atoms. The van der Waals surface area contributed by atoms with E-state index in [2.05, 4.69) is 4.98 Å². The van der Waals surface area contributed by atoms with Gasteiger partial charge in [-0.3, -0.25) is 4.79 Å². The van der Waals surface area contributed by atoms with Crippen LogP contribution in [0.3, 0.4) is 0 Å². The lowest BCUT2D eigenvalue weighted by molar-refractivity contribution is -0.140. The number of halogens is 3. The molecule has 0 amide bonds. The smallest absolute Gasteiger partial charge is 0.350 e. The number of carbonyl (C=O) groups is 1. The highest BCUT2D eigenvalue weighted by Gasteiger charge is 2.38. The number of benzene rings is 2. The first-order chi connectivity index (χ1) is 10.4. The van der Waals surface area contributed by atoms with Crippen molar-refractivity contribution >= 4 is 16.7 Å². The molecule has 1 aromatic heterocycles. The summed E-state index contributed by atoms with van der Waals surface area (Å²) in [5.74, 6) is -0.634. The normalized spacial score (nSPS) is 11.8. The molecular weight excluding hydrogens is 291 g/mol. The van der Waals surface area contributed by atoms with Gasteiger partial charge in [0.25, 0.3) is 0 Å². The predicted octanol–water partition coefficient (Wildman–Crippen LogP) is 4.73. The van der Waals surface area contributed by atoms with Gasteiger partial charge in [0.15, 0.2) is 5.78 Å². The molecule has 1 N–H and O–H groups in total. The molecule has 0 aliphatic heterocycles. The van der Waals surface area contributed by atoms with Gasteiger partial charge in [-0.25, -0.2) is 0 Å². The lowest BCUT2D eigenvalue weighted by Gasteiger charge is -2.08. The van der Waals surface area contributed by atoms with Gasteiger partial charge in [0.1, 0.15) is 5.69 Å². The van der Waals surface area contributed by atoms with E-state index in [1.54, 1.807) is 36.4 Å². The summed E-state index contributed by atoms with van der Waals surface area (Å²) < 4.78 is 39.7. The van der Waals surface area contributed by atoms with Gasteiger partial charge in [-0.15, -0.1) is 0 Å². The average molecular weight is 303 g/mol. The van der Waals surface area contributed by atoms with E-state index < -0.39 is 17.7 Å². The molecule has 2 nitrogen and oxygen atoms in total. The van der Waals surface area contributed by atoms with Crippen LogP contribution >= 0.6 is 0 Å². The highest BCUT2D eigenvalue weighted by molar-refractivity contribution is 6.17. The molecule has 1 heterocycles. The summed E-state index contributed by atoms with van der Waals surface area (Å²) in [6.45, 7) is 1.85. The quantitative estimate of drug-likeness (QED) is 0.682. The van der Waals surface area contributed by atoms with E-state index in [1.165, 1.54) is 12.1 Å². The Labute approximate surface area is 124 Å². The van der Waals surface area contributed by atoms with Crippen LogP contribution in [0.1, 0.15) is 27.2 Å². The number of aromatic nitrogens is 1. The van der Waals surface area contributed by atoms with Crippen molar-refractivity contribution in [3.05, 3.63) is 70.9 Å². The number of hydrogen-bond donors (Lipinski definition) is 1. The van der Waals surface area contributed by atoms with E-state index in [0.29, 0.717) is 5.52 Å². The van der Waals surface area contributed by atoms with Crippen molar-refractivity contribution in [2.75, 3.05) is 0 Å². The Bertz CT molecular complexity index is 844. The summed E-state index contributed by atoms with van der Waals surface area (Å²) in [5, 5.41) is 0.278. The SMILES string of the molecule is Cc1ccc(C(=O)c2c(C(F)(F)F)[nH]c3ccccc23)cc1. The first kappa shape index (κ1) is 14.4. The molecule has 0 aliphatic carbocycles. The van der Waals surface area contributed by atoms with Crippen molar-refractivity contribution in [3.63, 3.8) is 0 Å². The minimum absolute atomic E-state index is 0.237. The summed E-state index contributed by atoms with van der Waals surface area (Å²) in [4.78, 5) is 14.9. The van der Waals surface area contributed by atoms with E-state index in [4.69, 9.17) is 0 Å². The lowest BCUT2D eigenvalue weighted by atomic mass is 9.99. The fourth-order valence-corrected chi connectivity index (χ4v) is 2.44. The number of nitrogens with one attached hydrogen (secondary N) is 1. The number of aromatic amines is 1. The molecule has 0 radical (unpaired) electrons. The van der Waals surface area contributed by atoms with E-state index in [9.17, 15) is 18.0 Å². The number of H-pyrrole nitrogens is 1. The molecule has 0 unspecified atom stereocenters. The fraction of sp³-hybridized carbons (Fsp3) is 0.118. The number of para-hydroxylation sites is 1. The van der Waals surface area contributed by atoms with E-state index >= 15 is 0 Å². The Balaban J connectivity index is 2.24. The molecule has 0 saturated carbocycles. The molecule has 112 valence electrons. The number of hydrogen-bond acceptors (Lipinski definition) is 1. The number of rotatable bonds is 2. The van der Waals surface area contributed by atoms with Crippen molar-refractivity contribution in [1.29, 1.82) is 0 Å². The van der Waals surface area contributed by atoms with E-state index in [0.717, 1.165) is 5.56 Å². The monoisotopic (exact) mass is 303 g/mol. The third kappa shape index (κ3) is 2.39. The molecule has 3 rings (SSSR count). The minimum Gasteiger partial charge on any atom is -0.350 e. The number of alkyl halides is 3. The van der Waals surface area contributed by atoms with Crippen LogP contribution in [0.5, 0.6) is 0 Å². The van der Waals surface area contributed by atoms with Crippen molar-refractivity contribution in [3.8, 4) is 0 Å². The first-order valence-electron chi connectivity index (χ1n) is 6.67. The third-order valence-corrected chi connectivity index (χ3v) is 3.53.